The van der Waals surface area contributed by atoms with Crippen LogP contribution in [0.4, 0.5) is 5.69 Å². The highest BCUT2D eigenvalue weighted by atomic mass is 79.9. The number of H-pyrrole nitrogens is 1. The molecule has 0 amide bonds. The Kier molecular flexibility index (Phi) is 3.83. The van der Waals surface area contributed by atoms with Gasteiger partial charge in [-0.25, -0.2) is 5.10 Å². The third-order valence-corrected chi connectivity index (χ3v) is 3.98. The van der Waals surface area contributed by atoms with Crippen LogP contribution in [0.2, 0.25) is 0 Å². The summed E-state index contributed by atoms with van der Waals surface area (Å²) in [5.41, 5.74) is -0.307. The monoisotopic (exact) mass is 301 g/mol. The van der Waals surface area contributed by atoms with E-state index in [0.717, 1.165) is 25.7 Å². The Bertz CT molecular complexity index is 441. The van der Waals surface area contributed by atoms with Crippen LogP contribution in [0.5, 0.6) is 0 Å². The maximum atomic E-state index is 11.3. The van der Waals surface area contributed by atoms with E-state index in [9.17, 15) is 9.90 Å². The number of hydrogen-bond acceptors (Lipinski definition) is 4. The number of aromatic nitrogens is 2. The molecule has 3 N–H and O–H groups in total. The van der Waals surface area contributed by atoms with Crippen molar-refractivity contribution in [1.29, 1.82) is 0 Å². The summed E-state index contributed by atoms with van der Waals surface area (Å²) in [6, 6.07) is 0. The quantitative estimate of drug-likeness (QED) is 0.793. The van der Waals surface area contributed by atoms with E-state index >= 15 is 0 Å². The van der Waals surface area contributed by atoms with Gasteiger partial charge in [0.15, 0.2) is 0 Å². The Morgan fingerprint density at radius 2 is 2.18 bits per heavy atom. The molecule has 0 radical (unpaired) electrons. The van der Waals surface area contributed by atoms with E-state index in [4.69, 9.17) is 0 Å². The maximum absolute atomic E-state index is 11.3. The Hall–Kier alpha value is -0.880. The lowest BCUT2D eigenvalue weighted by Crippen LogP contribution is -2.39. The average Bonchev–Trinajstić information content (AvgIpc) is 2.32. The summed E-state index contributed by atoms with van der Waals surface area (Å²) in [5, 5.41) is 19.4. The lowest BCUT2D eigenvalue weighted by Gasteiger charge is -2.32. The summed E-state index contributed by atoms with van der Waals surface area (Å²) in [5.74, 6) is 0. The van der Waals surface area contributed by atoms with Crippen LogP contribution < -0.4 is 10.9 Å². The molecular weight excluding hydrogens is 286 g/mol. The molecule has 1 fully saturated rings. The summed E-state index contributed by atoms with van der Waals surface area (Å²) in [6.45, 7) is 0.455. The van der Waals surface area contributed by atoms with Gasteiger partial charge in [0, 0.05) is 6.54 Å². The molecule has 0 saturated heterocycles. The number of hydrogen-bond donors (Lipinski definition) is 3. The smallest absolute Gasteiger partial charge is 0.280 e. The molecule has 1 aromatic rings. The van der Waals surface area contributed by atoms with Crippen LogP contribution in [0.3, 0.4) is 0 Å². The second kappa shape index (κ2) is 5.18. The number of rotatable bonds is 3. The molecule has 1 aliphatic rings. The highest BCUT2D eigenvalue weighted by Crippen LogP contribution is 2.28. The van der Waals surface area contributed by atoms with Crippen LogP contribution in [0.15, 0.2) is 15.5 Å². The van der Waals surface area contributed by atoms with Gasteiger partial charge < -0.3 is 10.4 Å². The minimum absolute atomic E-state index is 0.273. The molecule has 94 valence electrons. The first kappa shape index (κ1) is 12.6. The minimum Gasteiger partial charge on any atom is -0.388 e. The fraction of sp³-hybridized carbons (Fsp3) is 0.636. The Labute approximate surface area is 108 Å². The molecular formula is C11H16BrN3O2. The summed E-state index contributed by atoms with van der Waals surface area (Å²) in [6.07, 6.45) is 6.48. The molecule has 1 saturated carbocycles. The minimum atomic E-state index is -0.652. The van der Waals surface area contributed by atoms with Gasteiger partial charge in [0.05, 0.1) is 17.5 Å². The van der Waals surface area contributed by atoms with E-state index in [-0.39, 0.29) is 5.56 Å². The summed E-state index contributed by atoms with van der Waals surface area (Å²) in [7, 11) is 0. The summed E-state index contributed by atoms with van der Waals surface area (Å²) < 4.78 is 0.423. The van der Waals surface area contributed by atoms with Crippen molar-refractivity contribution in [2.45, 2.75) is 37.7 Å². The predicted molar refractivity (Wildman–Crippen MR) is 69.1 cm³/mol. The first-order valence-corrected chi connectivity index (χ1v) is 6.59. The van der Waals surface area contributed by atoms with Gasteiger partial charge in [0.25, 0.3) is 5.56 Å². The first-order chi connectivity index (χ1) is 8.11. The lowest BCUT2D eigenvalue weighted by molar-refractivity contribution is 0.0167. The Balaban J connectivity index is 2.02. The Morgan fingerprint density at radius 1 is 1.47 bits per heavy atom. The van der Waals surface area contributed by atoms with Gasteiger partial charge in [-0.2, -0.15) is 5.10 Å². The second-order valence-electron chi connectivity index (χ2n) is 4.57. The second-order valence-corrected chi connectivity index (χ2v) is 5.36. The van der Waals surface area contributed by atoms with Crippen molar-refractivity contribution in [3.63, 3.8) is 0 Å². The van der Waals surface area contributed by atoms with Crippen LogP contribution >= 0.6 is 15.9 Å². The normalized spacial score (nSPS) is 18.9. The van der Waals surface area contributed by atoms with Crippen molar-refractivity contribution in [1.82, 2.24) is 10.2 Å². The lowest BCUT2D eigenvalue weighted by atomic mass is 9.85. The van der Waals surface area contributed by atoms with E-state index in [2.05, 4.69) is 31.4 Å². The zero-order valence-electron chi connectivity index (χ0n) is 9.50. The van der Waals surface area contributed by atoms with Gasteiger partial charge in [-0.15, -0.1) is 0 Å². The van der Waals surface area contributed by atoms with Gasteiger partial charge >= 0.3 is 0 Å². The standard InChI is InChI=1S/C11H16BrN3O2/c12-9-8(6-14-15-10(9)16)13-7-11(17)4-2-1-3-5-11/h6,17H,1-5,7H2,(H2,13,15,16). The van der Waals surface area contributed by atoms with Crippen LogP contribution in [-0.4, -0.2) is 27.4 Å². The van der Waals surface area contributed by atoms with Crippen LogP contribution in [0, 0.1) is 0 Å². The molecule has 0 unspecified atom stereocenters. The number of nitrogens with zero attached hydrogens (tertiary/aromatic N) is 1. The van der Waals surface area contributed by atoms with Crippen molar-refractivity contribution in [3.05, 3.63) is 21.0 Å². The molecule has 0 aromatic carbocycles. The zero-order chi connectivity index (χ0) is 12.3. The van der Waals surface area contributed by atoms with Gasteiger partial charge in [-0.05, 0) is 28.8 Å². The van der Waals surface area contributed by atoms with E-state index in [1.165, 1.54) is 12.6 Å². The molecule has 2 rings (SSSR count). The first-order valence-electron chi connectivity index (χ1n) is 5.80. The Morgan fingerprint density at radius 3 is 2.88 bits per heavy atom. The third kappa shape index (κ3) is 3.07. The van der Waals surface area contributed by atoms with Crippen molar-refractivity contribution in [2.24, 2.45) is 0 Å². The summed E-state index contributed by atoms with van der Waals surface area (Å²) >= 11 is 3.19. The largest absolute Gasteiger partial charge is 0.388 e. The van der Waals surface area contributed by atoms with E-state index in [1.807, 2.05) is 0 Å². The van der Waals surface area contributed by atoms with E-state index in [0.29, 0.717) is 16.7 Å². The van der Waals surface area contributed by atoms with Crippen molar-refractivity contribution < 1.29 is 5.11 Å². The zero-order valence-corrected chi connectivity index (χ0v) is 11.1. The number of aromatic amines is 1. The van der Waals surface area contributed by atoms with Gasteiger partial charge in [0.2, 0.25) is 0 Å². The van der Waals surface area contributed by atoms with Crippen molar-refractivity contribution >= 4 is 21.6 Å². The highest BCUT2D eigenvalue weighted by molar-refractivity contribution is 9.10. The van der Waals surface area contributed by atoms with Gasteiger partial charge in [-0.1, -0.05) is 19.3 Å². The molecule has 6 heteroatoms. The molecule has 1 aromatic heterocycles. The number of aliphatic hydroxyl groups is 1. The molecule has 0 bridgehead atoms. The third-order valence-electron chi connectivity index (χ3n) is 3.19. The van der Waals surface area contributed by atoms with Gasteiger partial charge in [0.1, 0.15) is 4.47 Å². The molecule has 1 aliphatic carbocycles. The van der Waals surface area contributed by atoms with E-state index < -0.39 is 5.60 Å². The maximum Gasteiger partial charge on any atom is 0.280 e. The SMILES string of the molecule is O=c1[nH]ncc(NCC2(O)CCCCC2)c1Br. The fourth-order valence-electron chi connectivity index (χ4n) is 2.15. The average molecular weight is 302 g/mol. The number of halogens is 1. The molecule has 0 spiro atoms. The molecule has 0 atom stereocenters. The molecule has 1 heterocycles. The van der Waals surface area contributed by atoms with Crippen LogP contribution in [-0.2, 0) is 0 Å². The van der Waals surface area contributed by atoms with Crippen molar-refractivity contribution in [3.8, 4) is 0 Å². The van der Waals surface area contributed by atoms with Crippen LogP contribution in [0.25, 0.3) is 0 Å². The number of nitrogens with one attached hydrogen (secondary N) is 2. The van der Waals surface area contributed by atoms with Gasteiger partial charge in [-0.3, -0.25) is 4.79 Å². The topological polar surface area (TPSA) is 78.0 Å². The molecule has 17 heavy (non-hydrogen) atoms. The summed E-state index contributed by atoms with van der Waals surface area (Å²) in [4.78, 5) is 11.3. The molecule has 0 aliphatic heterocycles. The molecule has 5 nitrogen and oxygen atoms in total. The van der Waals surface area contributed by atoms with E-state index in [1.54, 1.807) is 0 Å². The van der Waals surface area contributed by atoms with Crippen molar-refractivity contribution in [2.75, 3.05) is 11.9 Å². The number of anilines is 1. The van der Waals surface area contributed by atoms with Crippen LogP contribution in [0.1, 0.15) is 32.1 Å². The predicted octanol–water partition coefficient (Wildman–Crippen LogP) is 1.64. The fourth-order valence-corrected chi connectivity index (χ4v) is 2.48. The highest BCUT2D eigenvalue weighted by Gasteiger charge is 2.28.